The van der Waals surface area contributed by atoms with E-state index in [1.54, 1.807) is 0 Å². The van der Waals surface area contributed by atoms with Crippen LogP contribution in [0.2, 0.25) is 0 Å². The van der Waals surface area contributed by atoms with Crippen LogP contribution < -0.4 is 4.90 Å². The van der Waals surface area contributed by atoms with Gasteiger partial charge >= 0.3 is 0 Å². The molecule has 0 aliphatic carbocycles. The monoisotopic (exact) mass is 702 g/mol. The standard InChI is InChI=1S/C53H38N2/c1-37-14-12-24-50(47-23-13-20-42-19-8-9-21-46(42)47)53(37)55-51-25-11-10-22-48(51)49-35-34-45(36-52(49)55)54(43-30-26-40(27-31-43)38-15-4-2-5-16-38)44-32-28-41(29-33-44)39-17-6-3-7-18-39/h2-36H,1H3. The lowest BCUT2D eigenvalue weighted by Gasteiger charge is -2.26. The highest BCUT2D eigenvalue weighted by Crippen LogP contribution is 2.43. The van der Waals surface area contributed by atoms with Crippen LogP contribution in [0.1, 0.15) is 5.56 Å². The summed E-state index contributed by atoms with van der Waals surface area (Å²) in [7, 11) is 0. The zero-order chi connectivity index (χ0) is 36.7. The van der Waals surface area contributed by atoms with Gasteiger partial charge in [0.1, 0.15) is 0 Å². The average Bonchev–Trinajstić information content (AvgIpc) is 3.58. The SMILES string of the molecule is Cc1cccc(-c2cccc3ccccc23)c1-n1c2ccccc2c2ccc(N(c3ccc(-c4ccccc4)cc3)c3ccc(-c4ccccc4)cc3)cc21. The van der Waals surface area contributed by atoms with Crippen molar-refractivity contribution >= 4 is 49.6 Å². The molecule has 0 unspecified atom stereocenters. The van der Waals surface area contributed by atoms with Crippen molar-refractivity contribution in [1.29, 1.82) is 0 Å². The third-order valence-corrected chi connectivity index (χ3v) is 10.9. The van der Waals surface area contributed by atoms with Crippen molar-refractivity contribution in [2.75, 3.05) is 4.90 Å². The summed E-state index contributed by atoms with van der Waals surface area (Å²) in [5, 5.41) is 4.96. The maximum absolute atomic E-state index is 2.50. The summed E-state index contributed by atoms with van der Waals surface area (Å²) >= 11 is 0. The van der Waals surface area contributed by atoms with Gasteiger partial charge < -0.3 is 9.47 Å². The van der Waals surface area contributed by atoms with Crippen LogP contribution in [0.15, 0.2) is 212 Å². The number of nitrogens with zero attached hydrogens (tertiary/aromatic N) is 2. The quantitative estimate of drug-likeness (QED) is 0.160. The van der Waals surface area contributed by atoms with Gasteiger partial charge in [-0.3, -0.25) is 0 Å². The fourth-order valence-corrected chi connectivity index (χ4v) is 8.29. The molecule has 0 spiro atoms. The molecular formula is C53H38N2. The molecule has 260 valence electrons. The number of hydrogen-bond donors (Lipinski definition) is 0. The smallest absolute Gasteiger partial charge is 0.0569 e. The highest BCUT2D eigenvalue weighted by Gasteiger charge is 2.21. The van der Waals surface area contributed by atoms with Gasteiger partial charge in [-0.15, -0.1) is 0 Å². The third kappa shape index (κ3) is 5.76. The summed E-state index contributed by atoms with van der Waals surface area (Å²) in [4.78, 5) is 2.38. The van der Waals surface area contributed by atoms with Gasteiger partial charge in [-0.05, 0) is 93.5 Å². The number of hydrogen-bond acceptors (Lipinski definition) is 1. The molecule has 1 heterocycles. The highest BCUT2D eigenvalue weighted by atomic mass is 15.1. The van der Waals surface area contributed by atoms with Crippen molar-refractivity contribution in [2.24, 2.45) is 0 Å². The van der Waals surface area contributed by atoms with Crippen LogP contribution in [0.5, 0.6) is 0 Å². The largest absolute Gasteiger partial charge is 0.310 e. The zero-order valence-electron chi connectivity index (χ0n) is 30.6. The van der Waals surface area contributed by atoms with Crippen molar-refractivity contribution in [3.05, 3.63) is 218 Å². The Bertz CT molecular complexity index is 2870. The molecule has 9 aromatic carbocycles. The van der Waals surface area contributed by atoms with Gasteiger partial charge in [-0.2, -0.15) is 0 Å². The second-order valence-electron chi connectivity index (χ2n) is 14.2. The number of aryl methyl sites for hydroxylation is 1. The molecule has 0 fully saturated rings. The predicted molar refractivity (Wildman–Crippen MR) is 234 cm³/mol. The lowest BCUT2D eigenvalue weighted by molar-refractivity contribution is 1.15. The number of aromatic nitrogens is 1. The first-order chi connectivity index (χ1) is 27.2. The molecule has 0 aliphatic heterocycles. The van der Waals surface area contributed by atoms with Gasteiger partial charge in [-0.1, -0.05) is 170 Å². The van der Waals surface area contributed by atoms with Crippen LogP contribution >= 0.6 is 0 Å². The molecule has 0 bridgehead atoms. The first-order valence-corrected chi connectivity index (χ1v) is 18.9. The van der Waals surface area contributed by atoms with Crippen LogP contribution in [-0.2, 0) is 0 Å². The Kier molecular flexibility index (Phi) is 8.08. The topological polar surface area (TPSA) is 8.17 Å². The molecule has 0 aliphatic rings. The Labute approximate surface area is 321 Å². The summed E-state index contributed by atoms with van der Waals surface area (Å²) in [5.74, 6) is 0. The molecule has 2 heteroatoms. The molecule has 0 atom stereocenters. The molecule has 0 N–H and O–H groups in total. The van der Waals surface area contributed by atoms with E-state index in [0.29, 0.717) is 0 Å². The number of rotatable bonds is 7. The summed E-state index contributed by atoms with van der Waals surface area (Å²) in [6.45, 7) is 2.24. The first-order valence-electron chi connectivity index (χ1n) is 18.9. The number of anilines is 3. The molecule has 0 amide bonds. The molecule has 1 aromatic heterocycles. The minimum atomic E-state index is 1.09. The molecule has 0 saturated heterocycles. The molecule has 0 radical (unpaired) electrons. The van der Waals surface area contributed by atoms with E-state index in [1.165, 1.54) is 77.2 Å². The molecule has 10 aromatic rings. The van der Waals surface area contributed by atoms with E-state index < -0.39 is 0 Å². The number of para-hydroxylation sites is 2. The maximum atomic E-state index is 2.50. The van der Waals surface area contributed by atoms with E-state index in [0.717, 1.165) is 17.1 Å². The Balaban J connectivity index is 1.19. The predicted octanol–water partition coefficient (Wildman–Crippen LogP) is 14.7. The Morgan fingerprint density at radius 2 is 0.836 bits per heavy atom. The first kappa shape index (κ1) is 32.5. The van der Waals surface area contributed by atoms with Gasteiger partial charge in [0.25, 0.3) is 0 Å². The van der Waals surface area contributed by atoms with Gasteiger partial charge in [0.2, 0.25) is 0 Å². The minimum Gasteiger partial charge on any atom is -0.310 e. The Hall–Kier alpha value is -7.16. The van der Waals surface area contributed by atoms with Crippen LogP contribution in [0, 0.1) is 6.92 Å². The van der Waals surface area contributed by atoms with Crippen molar-refractivity contribution in [3.63, 3.8) is 0 Å². The fourth-order valence-electron chi connectivity index (χ4n) is 8.29. The van der Waals surface area contributed by atoms with Crippen molar-refractivity contribution in [3.8, 4) is 39.1 Å². The van der Waals surface area contributed by atoms with Crippen LogP contribution in [-0.4, -0.2) is 4.57 Å². The van der Waals surface area contributed by atoms with E-state index in [9.17, 15) is 0 Å². The molecule has 10 rings (SSSR count). The molecular weight excluding hydrogens is 665 g/mol. The molecule has 2 nitrogen and oxygen atoms in total. The Morgan fingerprint density at radius 3 is 1.51 bits per heavy atom. The van der Waals surface area contributed by atoms with Gasteiger partial charge in [0.05, 0.1) is 16.7 Å². The van der Waals surface area contributed by atoms with Gasteiger partial charge in [0.15, 0.2) is 0 Å². The summed E-state index contributed by atoms with van der Waals surface area (Å²) in [5.41, 5.74) is 15.3. The lowest BCUT2D eigenvalue weighted by atomic mass is 9.95. The van der Waals surface area contributed by atoms with Crippen LogP contribution in [0.25, 0.3) is 71.6 Å². The zero-order valence-corrected chi connectivity index (χ0v) is 30.6. The van der Waals surface area contributed by atoms with Crippen molar-refractivity contribution in [1.82, 2.24) is 4.57 Å². The molecule has 0 saturated carbocycles. The highest BCUT2D eigenvalue weighted by molar-refractivity contribution is 6.11. The fraction of sp³-hybridized carbons (Fsp3) is 0.0189. The molecule has 55 heavy (non-hydrogen) atoms. The van der Waals surface area contributed by atoms with Crippen LogP contribution in [0.4, 0.5) is 17.1 Å². The normalized spacial score (nSPS) is 11.4. The van der Waals surface area contributed by atoms with Crippen molar-refractivity contribution < 1.29 is 0 Å². The second-order valence-corrected chi connectivity index (χ2v) is 14.2. The van der Waals surface area contributed by atoms with E-state index in [4.69, 9.17) is 0 Å². The summed E-state index contributed by atoms with van der Waals surface area (Å²) in [6.07, 6.45) is 0. The minimum absolute atomic E-state index is 1.09. The van der Waals surface area contributed by atoms with E-state index >= 15 is 0 Å². The van der Waals surface area contributed by atoms with Crippen molar-refractivity contribution in [2.45, 2.75) is 6.92 Å². The summed E-state index contributed by atoms with van der Waals surface area (Å²) in [6, 6.07) is 76.9. The van der Waals surface area contributed by atoms with Crippen LogP contribution in [0.3, 0.4) is 0 Å². The maximum Gasteiger partial charge on any atom is 0.0569 e. The number of fused-ring (bicyclic) bond motifs is 4. The van der Waals surface area contributed by atoms with E-state index in [2.05, 4.69) is 229 Å². The van der Waals surface area contributed by atoms with E-state index in [-0.39, 0.29) is 0 Å². The van der Waals surface area contributed by atoms with Gasteiger partial charge in [-0.25, -0.2) is 0 Å². The summed E-state index contributed by atoms with van der Waals surface area (Å²) < 4.78 is 2.50. The second kappa shape index (κ2) is 13.7. The lowest BCUT2D eigenvalue weighted by Crippen LogP contribution is -2.10. The third-order valence-electron chi connectivity index (χ3n) is 10.9. The van der Waals surface area contributed by atoms with Gasteiger partial charge in [0, 0.05) is 33.4 Å². The average molecular weight is 703 g/mol. The Morgan fingerprint density at radius 1 is 0.345 bits per heavy atom. The number of benzene rings is 9. The van der Waals surface area contributed by atoms with E-state index in [1.807, 2.05) is 0 Å².